The molecule has 0 saturated carbocycles. The highest BCUT2D eigenvalue weighted by atomic mass is 32.2. The number of hydrogen-bond donors (Lipinski definition) is 3. The number of aromatic nitrogens is 2. The van der Waals surface area contributed by atoms with E-state index in [1.165, 1.54) is 6.26 Å². The number of amides is 1. The number of rotatable bonds is 10. The summed E-state index contributed by atoms with van der Waals surface area (Å²) in [6.07, 6.45) is -0.435. The summed E-state index contributed by atoms with van der Waals surface area (Å²) in [7, 11) is -3.18. The molecule has 0 bridgehead atoms. The quantitative estimate of drug-likeness (QED) is 0.186. The Kier molecular flexibility index (Phi) is 8.62. The van der Waals surface area contributed by atoms with Gasteiger partial charge in [0.2, 0.25) is 11.6 Å². The summed E-state index contributed by atoms with van der Waals surface area (Å²) < 4.78 is 81.2. The third kappa shape index (κ3) is 7.17. The number of hydrogen-bond acceptors (Lipinski definition) is 6. The Labute approximate surface area is 251 Å². The Morgan fingerprint density at radius 3 is 2.36 bits per heavy atom. The summed E-state index contributed by atoms with van der Waals surface area (Å²) in [6.45, 7) is 0.458. The number of carbonyl (C=O) groups is 1. The van der Waals surface area contributed by atoms with Crippen LogP contribution in [0.25, 0.3) is 11.0 Å². The molecule has 1 heterocycles. The molecule has 230 valence electrons. The lowest BCUT2D eigenvalue weighted by Gasteiger charge is -2.31. The topological polar surface area (TPSA) is 105 Å². The summed E-state index contributed by atoms with van der Waals surface area (Å²) in [4.78, 5) is 17.3. The van der Waals surface area contributed by atoms with Gasteiger partial charge >= 0.3 is 6.18 Å². The van der Waals surface area contributed by atoms with E-state index in [0.717, 1.165) is 29.1 Å². The van der Waals surface area contributed by atoms with Crippen molar-refractivity contribution in [2.75, 3.05) is 16.9 Å². The van der Waals surface area contributed by atoms with Crippen LogP contribution >= 0.6 is 0 Å². The van der Waals surface area contributed by atoms with Crippen molar-refractivity contribution in [1.82, 2.24) is 14.9 Å². The first-order valence-electron chi connectivity index (χ1n) is 13.5. The molecule has 1 aromatic heterocycles. The molecule has 13 heteroatoms. The molecule has 1 aliphatic rings. The number of para-hydroxylation sites is 2. The van der Waals surface area contributed by atoms with Gasteiger partial charge in [-0.2, -0.15) is 13.2 Å². The second kappa shape index (κ2) is 12.2. The Morgan fingerprint density at radius 1 is 0.977 bits per heavy atom. The van der Waals surface area contributed by atoms with E-state index in [4.69, 9.17) is 0 Å². The van der Waals surface area contributed by atoms with E-state index < -0.39 is 33.5 Å². The molecule has 2 unspecified atom stereocenters. The molecule has 3 N–H and O–H groups in total. The molecule has 0 spiro atoms. The fourth-order valence-electron chi connectivity index (χ4n) is 4.99. The van der Waals surface area contributed by atoms with E-state index in [1.807, 2.05) is 30.3 Å². The van der Waals surface area contributed by atoms with Crippen molar-refractivity contribution >= 4 is 44.1 Å². The van der Waals surface area contributed by atoms with Gasteiger partial charge < -0.3 is 5.32 Å². The van der Waals surface area contributed by atoms with Crippen molar-refractivity contribution in [3.8, 4) is 0 Å². The van der Waals surface area contributed by atoms with Crippen LogP contribution in [0.3, 0.4) is 0 Å². The molecule has 0 aliphatic heterocycles. The third-order valence-electron chi connectivity index (χ3n) is 6.96. The molecule has 44 heavy (non-hydrogen) atoms. The number of halogens is 4. The highest BCUT2D eigenvalue weighted by Crippen LogP contribution is 2.41. The number of alkyl halides is 4. The lowest BCUT2D eigenvalue weighted by molar-refractivity contribution is -0.189. The number of nitrogens with zero attached hydrogens (tertiary/aromatic N) is 2. The van der Waals surface area contributed by atoms with Gasteiger partial charge in [-0.1, -0.05) is 54.6 Å². The first-order valence-corrected chi connectivity index (χ1v) is 15.6. The van der Waals surface area contributed by atoms with Crippen molar-refractivity contribution in [2.45, 2.75) is 30.8 Å². The second-order valence-corrected chi connectivity index (χ2v) is 12.7. The lowest BCUT2D eigenvalue weighted by atomic mass is 9.84. The summed E-state index contributed by atoms with van der Waals surface area (Å²) >= 11 is 0. The van der Waals surface area contributed by atoms with Crippen molar-refractivity contribution in [3.63, 3.8) is 0 Å². The van der Waals surface area contributed by atoms with Gasteiger partial charge in [0.1, 0.15) is 5.92 Å². The largest absolute Gasteiger partial charge is 0.399 e. The Balaban J connectivity index is 1.30. The van der Waals surface area contributed by atoms with Crippen LogP contribution in [-0.4, -0.2) is 42.0 Å². The second-order valence-electron chi connectivity index (χ2n) is 10.5. The normalized spacial score (nSPS) is 18.4. The van der Waals surface area contributed by atoms with Crippen LogP contribution in [-0.2, 0) is 33.6 Å². The van der Waals surface area contributed by atoms with E-state index in [1.54, 1.807) is 47.0 Å². The standard InChI is InChI=1S/C31H29F4N5O3S/c1-44(42,43)19-22-9-7-11-24(17-22)37-23-10-6-8-21(16-23)18-36-20-40-26-13-3-2-12-25(26)38-29(40)39-28(41)30(32)15-5-4-14-27(30)31(33,34)35/h2-17,27,36-37H,18-20H2,1H3,(H,38,39,41). The zero-order valence-electron chi connectivity index (χ0n) is 23.5. The monoisotopic (exact) mass is 627 g/mol. The van der Waals surface area contributed by atoms with Crippen LogP contribution in [0.4, 0.5) is 34.9 Å². The summed E-state index contributed by atoms with van der Waals surface area (Å²) in [5.74, 6) is -4.29. The molecule has 4 aromatic rings. The van der Waals surface area contributed by atoms with Crippen LogP contribution in [0.2, 0.25) is 0 Å². The summed E-state index contributed by atoms with van der Waals surface area (Å²) in [5.41, 5.74) is 0.738. The van der Waals surface area contributed by atoms with Crippen molar-refractivity contribution in [2.24, 2.45) is 5.92 Å². The van der Waals surface area contributed by atoms with Crippen molar-refractivity contribution < 1.29 is 30.8 Å². The van der Waals surface area contributed by atoms with Gasteiger partial charge in [-0.3, -0.25) is 20.0 Å². The van der Waals surface area contributed by atoms with E-state index in [0.29, 0.717) is 35.3 Å². The number of allylic oxidation sites excluding steroid dienone is 3. The minimum absolute atomic E-state index is 0.0686. The number of anilines is 3. The zero-order valence-corrected chi connectivity index (χ0v) is 24.3. The van der Waals surface area contributed by atoms with E-state index in [9.17, 15) is 26.4 Å². The van der Waals surface area contributed by atoms with Gasteiger partial charge in [0.15, 0.2) is 9.84 Å². The van der Waals surface area contributed by atoms with Gasteiger partial charge in [-0.05, 0) is 53.6 Å². The molecule has 1 amide bonds. The van der Waals surface area contributed by atoms with E-state index in [2.05, 4.69) is 20.9 Å². The molecular weight excluding hydrogens is 598 g/mol. The third-order valence-corrected chi connectivity index (χ3v) is 7.81. The molecular formula is C31H29F4N5O3S. The lowest BCUT2D eigenvalue weighted by Crippen LogP contribution is -2.50. The Bertz CT molecular complexity index is 1850. The summed E-state index contributed by atoms with van der Waals surface area (Å²) in [6, 6.07) is 21.5. The molecule has 0 saturated heterocycles. The first-order chi connectivity index (χ1) is 20.8. The SMILES string of the molecule is CS(=O)(=O)Cc1cccc(Nc2cccc(CNCn3c(NC(=O)C4(F)C=CC=CC4C(F)(F)F)nc4ccccc43)c2)c1. The smallest absolute Gasteiger partial charge is 0.356 e. The molecule has 3 aromatic carbocycles. The number of sulfone groups is 1. The Hall–Kier alpha value is -4.49. The Morgan fingerprint density at radius 2 is 1.66 bits per heavy atom. The summed E-state index contributed by atoms with van der Waals surface area (Å²) in [5, 5.41) is 8.78. The number of imidazole rings is 1. The van der Waals surface area contributed by atoms with Crippen LogP contribution in [0.5, 0.6) is 0 Å². The first kappa shape index (κ1) is 31.0. The maximum atomic E-state index is 15.6. The number of benzene rings is 3. The van der Waals surface area contributed by atoms with Gasteiger partial charge in [-0.25, -0.2) is 17.8 Å². The molecule has 2 atom stereocenters. The van der Waals surface area contributed by atoms with Crippen molar-refractivity contribution in [1.29, 1.82) is 0 Å². The fourth-order valence-corrected chi connectivity index (χ4v) is 5.77. The number of fused-ring (bicyclic) bond motifs is 1. The van der Waals surface area contributed by atoms with Crippen LogP contribution in [0.1, 0.15) is 11.1 Å². The minimum Gasteiger partial charge on any atom is -0.356 e. The van der Waals surface area contributed by atoms with Crippen LogP contribution in [0, 0.1) is 5.92 Å². The molecule has 0 fully saturated rings. The van der Waals surface area contributed by atoms with Crippen LogP contribution in [0.15, 0.2) is 97.1 Å². The minimum atomic E-state index is -4.97. The van der Waals surface area contributed by atoms with E-state index >= 15 is 4.39 Å². The van der Waals surface area contributed by atoms with Gasteiger partial charge in [0, 0.05) is 24.2 Å². The average Bonchev–Trinajstić information content (AvgIpc) is 3.29. The maximum absolute atomic E-state index is 15.6. The molecule has 8 nitrogen and oxygen atoms in total. The zero-order chi connectivity index (χ0) is 31.5. The highest BCUT2D eigenvalue weighted by molar-refractivity contribution is 7.89. The molecule has 1 aliphatic carbocycles. The van der Waals surface area contributed by atoms with E-state index in [-0.39, 0.29) is 18.4 Å². The number of carbonyl (C=O) groups excluding carboxylic acids is 1. The molecule has 5 rings (SSSR count). The van der Waals surface area contributed by atoms with Gasteiger partial charge in [0.25, 0.3) is 5.91 Å². The predicted molar refractivity (Wildman–Crippen MR) is 162 cm³/mol. The predicted octanol–water partition coefficient (Wildman–Crippen LogP) is 6.02. The van der Waals surface area contributed by atoms with Crippen LogP contribution < -0.4 is 16.0 Å². The molecule has 0 radical (unpaired) electrons. The number of nitrogens with one attached hydrogen (secondary N) is 3. The highest BCUT2D eigenvalue weighted by Gasteiger charge is 2.57. The van der Waals surface area contributed by atoms with Gasteiger partial charge in [-0.15, -0.1) is 0 Å². The van der Waals surface area contributed by atoms with Gasteiger partial charge in [0.05, 0.1) is 23.5 Å². The fraction of sp³-hybridized carbons (Fsp3) is 0.226. The maximum Gasteiger partial charge on any atom is 0.399 e. The average molecular weight is 628 g/mol. The van der Waals surface area contributed by atoms with Crippen molar-refractivity contribution in [3.05, 3.63) is 108 Å².